The Morgan fingerprint density at radius 3 is 2.47 bits per heavy atom. The van der Waals surface area contributed by atoms with E-state index in [9.17, 15) is 9.59 Å². The fourth-order valence-corrected chi connectivity index (χ4v) is 3.42. The predicted molar refractivity (Wildman–Crippen MR) is 120 cm³/mol. The van der Waals surface area contributed by atoms with E-state index in [1.165, 1.54) is 4.52 Å². The molecule has 2 heterocycles. The zero-order valence-electron chi connectivity index (χ0n) is 17.5. The Morgan fingerprint density at radius 2 is 1.75 bits per heavy atom. The second kappa shape index (κ2) is 9.15. The summed E-state index contributed by atoms with van der Waals surface area (Å²) in [6, 6.07) is 17.1. The van der Waals surface area contributed by atoms with E-state index in [1.807, 2.05) is 38.1 Å². The van der Waals surface area contributed by atoms with E-state index in [2.05, 4.69) is 25.7 Å². The number of fused-ring (bicyclic) bond motifs is 1. The summed E-state index contributed by atoms with van der Waals surface area (Å²) in [6.45, 7) is 4.00. The van der Waals surface area contributed by atoms with Crippen LogP contribution in [0.4, 0.5) is 0 Å². The average molecular weight is 449 g/mol. The molecule has 0 aliphatic carbocycles. The van der Waals surface area contributed by atoms with Crippen molar-refractivity contribution in [2.45, 2.75) is 26.4 Å². The van der Waals surface area contributed by atoms with Crippen molar-refractivity contribution < 1.29 is 9.59 Å². The minimum Gasteiger partial charge on any atom is -0.350 e. The van der Waals surface area contributed by atoms with Gasteiger partial charge in [0.1, 0.15) is 6.04 Å². The largest absolute Gasteiger partial charge is 0.350 e. The number of aryl methyl sites for hydroxylation is 2. The van der Waals surface area contributed by atoms with Crippen LogP contribution in [0.5, 0.6) is 0 Å². The van der Waals surface area contributed by atoms with E-state index in [1.54, 1.807) is 36.4 Å². The monoisotopic (exact) mass is 448 g/mol. The van der Waals surface area contributed by atoms with Crippen LogP contribution in [0.1, 0.15) is 39.2 Å². The molecule has 32 heavy (non-hydrogen) atoms. The highest BCUT2D eigenvalue weighted by molar-refractivity contribution is 6.30. The van der Waals surface area contributed by atoms with E-state index < -0.39 is 11.9 Å². The Bertz CT molecular complexity index is 1270. The van der Waals surface area contributed by atoms with Crippen LogP contribution in [-0.4, -0.2) is 31.4 Å². The van der Waals surface area contributed by atoms with Gasteiger partial charge < -0.3 is 10.6 Å². The summed E-state index contributed by atoms with van der Waals surface area (Å²) in [4.78, 5) is 34.5. The van der Waals surface area contributed by atoms with Gasteiger partial charge in [-0.3, -0.25) is 9.59 Å². The lowest BCUT2D eigenvalue weighted by Gasteiger charge is -2.18. The molecule has 0 radical (unpaired) electrons. The number of halogens is 1. The molecular formula is C23H21ClN6O2. The highest BCUT2D eigenvalue weighted by atomic mass is 35.5. The first-order valence-corrected chi connectivity index (χ1v) is 10.4. The predicted octanol–water partition coefficient (Wildman–Crippen LogP) is 3.18. The first-order valence-electron chi connectivity index (χ1n) is 10.00. The fraction of sp³-hybridized carbons (Fsp3) is 0.174. The smallest absolute Gasteiger partial charge is 0.291 e. The molecule has 0 spiro atoms. The van der Waals surface area contributed by atoms with Crippen molar-refractivity contribution >= 4 is 29.2 Å². The number of carbonyl (C=O) groups is 2. The average Bonchev–Trinajstić information content (AvgIpc) is 3.22. The molecule has 0 unspecified atom stereocenters. The van der Waals surface area contributed by atoms with Crippen molar-refractivity contribution in [2.24, 2.45) is 0 Å². The molecular weight excluding hydrogens is 428 g/mol. The van der Waals surface area contributed by atoms with Crippen molar-refractivity contribution in [3.8, 4) is 0 Å². The molecule has 0 saturated heterocycles. The minimum atomic E-state index is -0.918. The normalized spacial score (nSPS) is 11.8. The van der Waals surface area contributed by atoms with Gasteiger partial charge in [0.15, 0.2) is 0 Å². The molecule has 2 amide bonds. The highest BCUT2D eigenvalue weighted by Gasteiger charge is 2.25. The lowest BCUT2D eigenvalue weighted by atomic mass is 10.1. The van der Waals surface area contributed by atoms with Gasteiger partial charge in [-0.2, -0.15) is 4.98 Å². The Labute approximate surface area is 189 Å². The van der Waals surface area contributed by atoms with Crippen LogP contribution in [0, 0.1) is 13.8 Å². The molecule has 2 aromatic heterocycles. The number of hydrogen-bond donors (Lipinski definition) is 2. The van der Waals surface area contributed by atoms with Gasteiger partial charge in [-0.05, 0) is 43.2 Å². The summed E-state index contributed by atoms with van der Waals surface area (Å²) >= 11 is 5.92. The quantitative estimate of drug-likeness (QED) is 0.471. The molecule has 9 heteroatoms. The van der Waals surface area contributed by atoms with Gasteiger partial charge >= 0.3 is 0 Å². The molecule has 0 fully saturated rings. The maximum atomic E-state index is 13.0. The van der Waals surface area contributed by atoms with Crippen molar-refractivity contribution in [2.75, 3.05) is 0 Å². The SMILES string of the molecule is Cc1cc(C)n2nc(C(=O)N[C@@H](C(=O)NCc3ccc(Cl)cc3)c3ccccc3)nc2n1. The molecule has 1 atom stereocenters. The third-order valence-electron chi connectivity index (χ3n) is 4.87. The lowest BCUT2D eigenvalue weighted by Crippen LogP contribution is -2.40. The van der Waals surface area contributed by atoms with Gasteiger partial charge in [-0.15, -0.1) is 5.10 Å². The number of rotatable bonds is 6. The highest BCUT2D eigenvalue weighted by Crippen LogP contribution is 2.15. The summed E-state index contributed by atoms with van der Waals surface area (Å²) in [7, 11) is 0. The summed E-state index contributed by atoms with van der Waals surface area (Å²) in [5.41, 5.74) is 3.11. The maximum absolute atomic E-state index is 13.0. The maximum Gasteiger partial charge on any atom is 0.291 e. The van der Waals surface area contributed by atoms with Gasteiger partial charge in [0.25, 0.3) is 11.7 Å². The van der Waals surface area contributed by atoms with Crippen LogP contribution in [-0.2, 0) is 11.3 Å². The standard InChI is InChI=1S/C23H21ClN6O2/c1-14-12-15(2)30-23(26-14)28-20(29-30)22(32)27-19(17-6-4-3-5-7-17)21(31)25-13-16-8-10-18(24)11-9-16/h3-12,19H,13H2,1-2H3,(H,25,31)(H,27,32)/t19-/m1/s1. The lowest BCUT2D eigenvalue weighted by molar-refractivity contribution is -0.123. The van der Waals surface area contributed by atoms with Crippen molar-refractivity contribution in [1.29, 1.82) is 0 Å². The number of carbonyl (C=O) groups excluding carboxylic acids is 2. The van der Waals surface area contributed by atoms with Gasteiger partial charge in [-0.1, -0.05) is 54.1 Å². The summed E-state index contributed by atoms with van der Waals surface area (Å²) in [6.07, 6.45) is 0. The van der Waals surface area contributed by atoms with Crippen LogP contribution in [0.15, 0.2) is 60.7 Å². The van der Waals surface area contributed by atoms with Crippen LogP contribution in [0.25, 0.3) is 5.78 Å². The van der Waals surface area contributed by atoms with Gasteiger partial charge in [0.2, 0.25) is 11.7 Å². The van der Waals surface area contributed by atoms with Crippen molar-refractivity contribution in [3.63, 3.8) is 0 Å². The van der Waals surface area contributed by atoms with Gasteiger partial charge in [0, 0.05) is 23.0 Å². The third-order valence-corrected chi connectivity index (χ3v) is 5.12. The Hall–Kier alpha value is -3.78. The second-order valence-corrected chi connectivity index (χ2v) is 7.78. The molecule has 162 valence electrons. The Kier molecular flexibility index (Phi) is 6.13. The summed E-state index contributed by atoms with van der Waals surface area (Å²) in [5.74, 6) is -0.648. The van der Waals surface area contributed by atoms with Gasteiger partial charge in [-0.25, -0.2) is 9.50 Å². The third kappa shape index (κ3) is 4.76. The number of nitrogens with zero attached hydrogens (tertiary/aromatic N) is 4. The second-order valence-electron chi connectivity index (χ2n) is 7.35. The molecule has 4 rings (SSSR count). The molecule has 0 bridgehead atoms. The van der Waals surface area contributed by atoms with E-state index in [0.29, 0.717) is 22.9 Å². The van der Waals surface area contributed by atoms with E-state index in [-0.39, 0.29) is 11.7 Å². The van der Waals surface area contributed by atoms with Crippen LogP contribution >= 0.6 is 11.6 Å². The molecule has 0 aliphatic heterocycles. The van der Waals surface area contributed by atoms with E-state index in [4.69, 9.17) is 11.6 Å². The van der Waals surface area contributed by atoms with Crippen molar-refractivity contribution in [1.82, 2.24) is 30.2 Å². The van der Waals surface area contributed by atoms with E-state index in [0.717, 1.165) is 17.0 Å². The molecule has 8 nitrogen and oxygen atoms in total. The summed E-state index contributed by atoms with van der Waals surface area (Å²) in [5, 5.41) is 10.5. The zero-order chi connectivity index (χ0) is 22.7. The number of nitrogens with one attached hydrogen (secondary N) is 2. The summed E-state index contributed by atoms with van der Waals surface area (Å²) < 4.78 is 1.50. The minimum absolute atomic E-state index is 0.0577. The number of benzene rings is 2. The van der Waals surface area contributed by atoms with Crippen LogP contribution in [0.3, 0.4) is 0 Å². The topological polar surface area (TPSA) is 101 Å². The number of hydrogen-bond acceptors (Lipinski definition) is 5. The molecule has 4 aromatic rings. The zero-order valence-corrected chi connectivity index (χ0v) is 18.3. The Morgan fingerprint density at radius 1 is 1.03 bits per heavy atom. The fourth-order valence-electron chi connectivity index (χ4n) is 3.30. The first-order chi connectivity index (χ1) is 15.4. The number of amides is 2. The molecule has 2 N–H and O–H groups in total. The molecule has 0 aliphatic rings. The Balaban J connectivity index is 1.55. The van der Waals surface area contributed by atoms with Crippen molar-refractivity contribution in [3.05, 3.63) is 94.0 Å². The molecule has 2 aromatic carbocycles. The van der Waals surface area contributed by atoms with Gasteiger partial charge in [0.05, 0.1) is 0 Å². The number of aromatic nitrogens is 4. The van der Waals surface area contributed by atoms with Crippen LogP contribution in [0.2, 0.25) is 5.02 Å². The first kappa shape index (κ1) is 21.5. The molecule has 0 saturated carbocycles. The van der Waals surface area contributed by atoms with E-state index >= 15 is 0 Å². The van der Waals surface area contributed by atoms with Crippen LogP contribution < -0.4 is 10.6 Å².